The van der Waals surface area contributed by atoms with Crippen LogP contribution in [0.5, 0.6) is 0 Å². The molecular weight excluding hydrogens is 168 g/mol. The topological polar surface area (TPSA) is 58.3 Å². The molecule has 2 N–H and O–H groups in total. The molecule has 4 heteroatoms. The van der Waals surface area contributed by atoms with Gasteiger partial charge in [0.25, 0.3) is 0 Å². The Balaban J connectivity index is 2.04. The van der Waals surface area contributed by atoms with E-state index in [0.29, 0.717) is 13.0 Å². The van der Waals surface area contributed by atoms with E-state index in [-0.39, 0.29) is 0 Å². The maximum absolute atomic E-state index is 10.0. The lowest BCUT2D eigenvalue weighted by Crippen LogP contribution is -2.33. The molecule has 0 aromatic carbocycles. The Morgan fingerprint density at radius 2 is 2.62 bits per heavy atom. The van der Waals surface area contributed by atoms with Crippen LogP contribution in [0.15, 0.2) is 10.6 Å². The number of aromatic nitrogens is 1. The number of hydrogen-bond donors (Lipinski definition) is 2. The molecule has 1 aromatic heterocycles. The number of rotatable bonds is 2. The van der Waals surface area contributed by atoms with Gasteiger partial charge in [0, 0.05) is 19.0 Å². The van der Waals surface area contributed by atoms with E-state index < -0.39 is 5.60 Å². The summed E-state index contributed by atoms with van der Waals surface area (Å²) in [5, 5.41) is 17.0. The van der Waals surface area contributed by atoms with Crippen molar-refractivity contribution in [1.82, 2.24) is 10.5 Å². The van der Waals surface area contributed by atoms with E-state index in [0.717, 1.165) is 24.4 Å². The average Bonchev–Trinajstić information content (AvgIpc) is 2.62. The highest BCUT2D eigenvalue weighted by atomic mass is 16.5. The molecule has 1 saturated heterocycles. The molecule has 0 amide bonds. The second-order valence-electron chi connectivity index (χ2n) is 3.76. The fraction of sp³-hybridized carbons (Fsp3) is 0.667. The lowest BCUT2D eigenvalue weighted by atomic mass is 9.97. The summed E-state index contributed by atoms with van der Waals surface area (Å²) in [6.45, 7) is 3.39. The van der Waals surface area contributed by atoms with E-state index in [9.17, 15) is 5.11 Å². The van der Waals surface area contributed by atoms with Crippen LogP contribution in [0.3, 0.4) is 0 Å². The minimum absolute atomic E-state index is 0.581. The lowest BCUT2D eigenvalue weighted by molar-refractivity contribution is 0.0600. The van der Waals surface area contributed by atoms with Crippen LogP contribution in [0.2, 0.25) is 0 Å². The number of nitrogens with one attached hydrogen (secondary N) is 1. The summed E-state index contributed by atoms with van der Waals surface area (Å²) in [6, 6.07) is 1.87. The van der Waals surface area contributed by atoms with Crippen LogP contribution in [0.4, 0.5) is 0 Å². The van der Waals surface area contributed by atoms with Gasteiger partial charge in [-0.2, -0.15) is 0 Å². The Labute approximate surface area is 76.9 Å². The number of aryl methyl sites for hydroxylation is 1. The van der Waals surface area contributed by atoms with Crippen LogP contribution in [0, 0.1) is 6.92 Å². The number of β-amino-alcohol motifs (C(OH)–C–C–N with tert-alkyl or cyclic N) is 1. The van der Waals surface area contributed by atoms with Gasteiger partial charge in [0.2, 0.25) is 0 Å². The molecule has 0 spiro atoms. The van der Waals surface area contributed by atoms with Crippen LogP contribution in [0.1, 0.15) is 17.9 Å². The Hall–Kier alpha value is -0.870. The summed E-state index contributed by atoms with van der Waals surface area (Å²) in [4.78, 5) is 0. The first-order valence-electron chi connectivity index (χ1n) is 4.53. The predicted molar refractivity (Wildman–Crippen MR) is 47.4 cm³/mol. The third-order valence-corrected chi connectivity index (χ3v) is 2.41. The minimum atomic E-state index is -0.622. The van der Waals surface area contributed by atoms with Gasteiger partial charge in [0.1, 0.15) is 5.76 Å². The van der Waals surface area contributed by atoms with Gasteiger partial charge >= 0.3 is 0 Å². The molecular formula is C9H14N2O2. The van der Waals surface area contributed by atoms with Gasteiger partial charge in [-0.15, -0.1) is 0 Å². The van der Waals surface area contributed by atoms with E-state index in [2.05, 4.69) is 10.5 Å². The van der Waals surface area contributed by atoms with Gasteiger partial charge in [0.05, 0.1) is 11.3 Å². The van der Waals surface area contributed by atoms with Crippen molar-refractivity contribution in [3.05, 3.63) is 17.5 Å². The second-order valence-corrected chi connectivity index (χ2v) is 3.76. The van der Waals surface area contributed by atoms with Crippen molar-refractivity contribution in [2.24, 2.45) is 0 Å². The maximum Gasteiger partial charge on any atom is 0.133 e. The zero-order chi connectivity index (χ0) is 9.31. The molecule has 13 heavy (non-hydrogen) atoms. The fourth-order valence-corrected chi connectivity index (χ4v) is 1.72. The first-order chi connectivity index (χ1) is 6.18. The molecule has 1 aliphatic heterocycles. The van der Waals surface area contributed by atoms with E-state index in [1.807, 2.05) is 13.0 Å². The van der Waals surface area contributed by atoms with Crippen molar-refractivity contribution in [2.45, 2.75) is 25.4 Å². The first kappa shape index (κ1) is 8.72. The highest BCUT2D eigenvalue weighted by Crippen LogP contribution is 2.19. The van der Waals surface area contributed by atoms with Crippen LogP contribution in [0.25, 0.3) is 0 Å². The van der Waals surface area contributed by atoms with Gasteiger partial charge < -0.3 is 14.9 Å². The van der Waals surface area contributed by atoms with Gasteiger partial charge in [0.15, 0.2) is 0 Å². The number of hydrogen-bond acceptors (Lipinski definition) is 4. The average molecular weight is 182 g/mol. The third kappa shape index (κ3) is 1.89. The summed E-state index contributed by atoms with van der Waals surface area (Å²) >= 11 is 0. The van der Waals surface area contributed by atoms with Gasteiger partial charge in [-0.3, -0.25) is 0 Å². The van der Waals surface area contributed by atoms with Crippen LogP contribution in [-0.4, -0.2) is 29.0 Å². The summed E-state index contributed by atoms with van der Waals surface area (Å²) in [6.07, 6.45) is 1.37. The van der Waals surface area contributed by atoms with Crippen LogP contribution >= 0.6 is 0 Å². The van der Waals surface area contributed by atoms with Crippen molar-refractivity contribution in [3.8, 4) is 0 Å². The largest absolute Gasteiger partial charge is 0.388 e. The monoisotopic (exact) mass is 182 g/mol. The molecule has 0 bridgehead atoms. The molecule has 1 aromatic rings. The molecule has 1 aliphatic rings. The summed E-state index contributed by atoms with van der Waals surface area (Å²) < 4.78 is 4.94. The zero-order valence-electron chi connectivity index (χ0n) is 7.71. The SMILES string of the molecule is Cc1cc(CC2(O)CCNC2)no1. The predicted octanol–water partition coefficient (Wildman–Crippen LogP) is 0.250. The van der Waals surface area contributed by atoms with Gasteiger partial charge in [-0.1, -0.05) is 5.16 Å². The van der Waals surface area contributed by atoms with Crippen molar-refractivity contribution >= 4 is 0 Å². The zero-order valence-corrected chi connectivity index (χ0v) is 7.71. The minimum Gasteiger partial charge on any atom is -0.388 e. The molecule has 72 valence electrons. The van der Waals surface area contributed by atoms with E-state index in [1.165, 1.54) is 0 Å². The highest BCUT2D eigenvalue weighted by Gasteiger charge is 2.32. The Bertz CT molecular complexity index is 290. The van der Waals surface area contributed by atoms with E-state index >= 15 is 0 Å². The molecule has 2 rings (SSSR count). The number of aliphatic hydroxyl groups is 1. The van der Waals surface area contributed by atoms with Gasteiger partial charge in [-0.05, 0) is 19.9 Å². The molecule has 0 radical (unpaired) electrons. The van der Waals surface area contributed by atoms with Crippen LogP contribution < -0.4 is 5.32 Å². The molecule has 4 nitrogen and oxygen atoms in total. The standard InChI is InChI=1S/C9H14N2O2/c1-7-4-8(11-13-7)5-9(12)2-3-10-6-9/h4,10,12H,2-3,5-6H2,1H3. The van der Waals surface area contributed by atoms with E-state index in [1.54, 1.807) is 0 Å². The molecule has 0 saturated carbocycles. The molecule has 1 unspecified atom stereocenters. The van der Waals surface area contributed by atoms with Crippen molar-refractivity contribution < 1.29 is 9.63 Å². The normalized spacial score (nSPS) is 28.2. The first-order valence-corrected chi connectivity index (χ1v) is 4.53. The Morgan fingerprint density at radius 3 is 3.15 bits per heavy atom. The van der Waals surface area contributed by atoms with Crippen LogP contribution in [-0.2, 0) is 6.42 Å². The molecule has 1 atom stereocenters. The summed E-state index contributed by atoms with van der Waals surface area (Å²) in [5.41, 5.74) is 0.215. The Kier molecular flexibility index (Phi) is 2.09. The second kappa shape index (κ2) is 3.12. The third-order valence-electron chi connectivity index (χ3n) is 2.41. The van der Waals surface area contributed by atoms with E-state index in [4.69, 9.17) is 4.52 Å². The summed E-state index contributed by atoms with van der Waals surface area (Å²) in [5.74, 6) is 0.796. The smallest absolute Gasteiger partial charge is 0.133 e. The molecule has 0 aliphatic carbocycles. The fourth-order valence-electron chi connectivity index (χ4n) is 1.72. The Morgan fingerprint density at radius 1 is 1.77 bits per heavy atom. The van der Waals surface area contributed by atoms with Gasteiger partial charge in [-0.25, -0.2) is 0 Å². The number of nitrogens with zero attached hydrogens (tertiary/aromatic N) is 1. The summed E-state index contributed by atoms with van der Waals surface area (Å²) in [7, 11) is 0. The molecule has 2 heterocycles. The highest BCUT2D eigenvalue weighted by molar-refractivity contribution is 5.08. The maximum atomic E-state index is 10.0. The molecule has 1 fully saturated rings. The van der Waals surface area contributed by atoms with Crippen molar-refractivity contribution in [2.75, 3.05) is 13.1 Å². The lowest BCUT2D eigenvalue weighted by Gasteiger charge is -2.18. The quantitative estimate of drug-likeness (QED) is 0.688. The van der Waals surface area contributed by atoms with Crippen molar-refractivity contribution in [3.63, 3.8) is 0 Å². The van der Waals surface area contributed by atoms with Crippen molar-refractivity contribution in [1.29, 1.82) is 0 Å².